The molecule has 2 amide bonds. The monoisotopic (exact) mass is 502 g/mol. The van der Waals surface area contributed by atoms with E-state index in [9.17, 15) is 14.4 Å². The average molecular weight is 503 g/mol. The van der Waals surface area contributed by atoms with Gasteiger partial charge in [-0.05, 0) is 42.7 Å². The molecule has 0 aliphatic carbocycles. The van der Waals surface area contributed by atoms with Crippen molar-refractivity contribution in [1.29, 1.82) is 0 Å². The summed E-state index contributed by atoms with van der Waals surface area (Å²) in [4.78, 5) is 46.6. The maximum atomic E-state index is 13.1. The van der Waals surface area contributed by atoms with Crippen LogP contribution in [0.1, 0.15) is 30.8 Å². The van der Waals surface area contributed by atoms with Crippen molar-refractivity contribution in [1.82, 2.24) is 19.4 Å². The number of rotatable bonds is 7. The van der Waals surface area contributed by atoms with Gasteiger partial charge in [0.1, 0.15) is 0 Å². The Labute approximate surface area is 206 Å². The van der Waals surface area contributed by atoms with Crippen LogP contribution in [0.3, 0.4) is 0 Å². The molecule has 0 N–H and O–H groups in total. The van der Waals surface area contributed by atoms with Gasteiger partial charge in [0.05, 0.1) is 22.9 Å². The third kappa shape index (κ3) is 5.47. The molecule has 0 radical (unpaired) electrons. The number of furan rings is 1. The molecule has 0 spiro atoms. The topological polar surface area (TPSA) is 88.7 Å². The first kappa shape index (κ1) is 24.3. The van der Waals surface area contributed by atoms with Crippen molar-refractivity contribution in [2.45, 2.75) is 32.0 Å². The predicted octanol–water partition coefficient (Wildman–Crippen LogP) is 3.77. The smallest absolute Gasteiger partial charge is 0.289 e. The fourth-order valence-electron chi connectivity index (χ4n) is 3.80. The van der Waals surface area contributed by atoms with Crippen LogP contribution in [0.15, 0.2) is 51.0 Å². The van der Waals surface area contributed by atoms with Crippen LogP contribution < -0.4 is 5.56 Å². The van der Waals surface area contributed by atoms with Gasteiger partial charge in [0, 0.05) is 37.7 Å². The number of amides is 2. The molecule has 0 unspecified atom stereocenters. The van der Waals surface area contributed by atoms with E-state index in [1.165, 1.54) is 18.0 Å². The number of hydrogen-bond acceptors (Lipinski definition) is 6. The number of benzene rings is 1. The molecule has 1 fully saturated rings. The zero-order chi connectivity index (χ0) is 24.2. The van der Waals surface area contributed by atoms with Crippen LogP contribution in [0.2, 0.25) is 5.02 Å². The van der Waals surface area contributed by atoms with Gasteiger partial charge in [-0.3, -0.25) is 19.0 Å². The normalized spacial score (nSPS) is 14.2. The summed E-state index contributed by atoms with van der Waals surface area (Å²) >= 11 is 7.37. The molecular weight excluding hydrogens is 476 g/mol. The van der Waals surface area contributed by atoms with Crippen LogP contribution in [0.25, 0.3) is 10.9 Å². The third-order valence-corrected chi connectivity index (χ3v) is 6.98. The van der Waals surface area contributed by atoms with E-state index in [2.05, 4.69) is 18.8 Å². The zero-order valence-corrected chi connectivity index (χ0v) is 20.8. The molecular formula is C24H27ClN4O4S. The lowest BCUT2D eigenvalue weighted by atomic mass is 10.1. The van der Waals surface area contributed by atoms with Crippen molar-refractivity contribution >= 4 is 46.1 Å². The Morgan fingerprint density at radius 3 is 2.56 bits per heavy atom. The van der Waals surface area contributed by atoms with Gasteiger partial charge in [0.2, 0.25) is 5.91 Å². The highest BCUT2D eigenvalue weighted by molar-refractivity contribution is 7.99. The first-order valence-corrected chi connectivity index (χ1v) is 12.6. The van der Waals surface area contributed by atoms with Gasteiger partial charge in [-0.2, -0.15) is 0 Å². The molecule has 2 aromatic heterocycles. The standard InChI is InChI=1S/C24H27ClN4O4S/c1-16(2)7-8-29-22(31)18-6-5-17(25)14-19(18)26-24(29)34-15-21(30)27-9-11-28(12-10-27)23(32)20-4-3-13-33-20/h3-6,13-14,16H,7-12,15H2,1-2H3. The number of carbonyl (C=O) groups is 2. The second-order valence-corrected chi connectivity index (χ2v) is 10.0. The average Bonchev–Trinajstić information content (AvgIpc) is 3.36. The number of fused-ring (bicyclic) bond motifs is 1. The molecule has 1 aliphatic rings. The summed E-state index contributed by atoms with van der Waals surface area (Å²) in [6, 6.07) is 8.37. The second kappa shape index (κ2) is 10.7. The fourth-order valence-corrected chi connectivity index (χ4v) is 4.90. The van der Waals surface area contributed by atoms with Crippen molar-refractivity contribution < 1.29 is 14.0 Å². The molecule has 0 saturated carbocycles. The number of hydrogen-bond donors (Lipinski definition) is 0. The van der Waals surface area contributed by atoms with E-state index in [1.807, 2.05) is 0 Å². The molecule has 1 aromatic carbocycles. The highest BCUT2D eigenvalue weighted by atomic mass is 35.5. The molecule has 34 heavy (non-hydrogen) atoms. The Bertz CT molecular complexity index is 1230. The van der Waals surface area contributed by atoms with Crippen molar-refractivity contribution in [3.05, 3.63) is 57.7 Å². The predicted molar refractivity (Wildman–Crippen MR) is 132 cm³/mol. The number of carbonyl (C=O) groups excluding carboxylic acids is 2. The zero-order valence-electron chi connectivity index (χ0n) is 19.2. The Hall–Kier alpha value is -2.78. The second-order valence-electron chi connectivity index (χ2n) is 8.63. The van der Waals surface area contributed by atoms with E-state index in [1.54, 1.807) is 44.7 Å². The molecule has 1 saturated heterocycles. The van der Waals surface area contributed by atoms with Crippen molar-refractivity contribution in [3.63, 3.8) is 0 Å². The Morgan fingerprint density at radius 2 is 1.88 bits per heavy atom. The lowest BCUT2D eigenvalue weighted by Crippen LogP contribution is -2.51. The first-order valence-electron chi connectivity index (χ1n) is 11.3. The van der Waals surface area contributed by atoms with Crippen molar-refractivity contribution in [2.24, 2.45) is 5.92 Å². The van der Waals surface area contributed by atoms with Crippen LogP contribution in [-0.4, -0.2) is 63.1 Å². The molecule has 3 heterocycles. The molecule has 0 atom stereocenters. The molecule has 180 valence electrons. The first-order chi connectivity index (χ1) is 16.3. The largest absolute Gasteiger partial charge is 0.459 e. The summed E-state index contributed by atoms with van der Waals surface area (Å²) in [6.45, 7) is 6.53. The fraction of sp³-hybridized carbons (Fsp3) is 0.417. The van der Waals surface area contributed by atoms with Crippen molar-refractivity contribution in [3.8, 4) is 0 Å². The van der Waals surface area contributed by atoms with Crippen molar-refractivity contribution in [2.75, 3.05) is 31.9 Å². The molecule has 4 rings (SSSR count). The molecule has 3 aromatic rings. The maximum absolute atomic E-state index is 13.1. The van der Waals surface area contributed by atoms with Crippen LogP contribution >= 0.6 is 23.4 Å². The number of aromatic nitrogens is 2. The lowest BCUT2D eigenvalue weighted by molar-refractivity contribution is -0.129. The van der Waals surface area contributed by atoms with E-state index < -0.39 is 0 Å². The Morgan fingerprint density at radius 1 is 1.15 bits per heavy atom. The highest BCUT2D eigenvalue weighted by Gasteiger charge is 2.26. The molecule has 0 bridgehead atoms. The minimum absolute atomic E-state index is 0.0500. The minimum Gasteiger partial charge on any atom is -0.459 e. The van der Waals surface area contributed by atoms with E-state index in [0.717, 1.165) is 6.42 Å². The third-order valence-electron chi connectivity index (χ3n) is 5.79. The lowest BCUT2D eigenvalue weighted by Gasteiger charge is -2.34. The summed E-state index contributed by atoms with van der Waals surface area (Å²) in [7, 11) is 0. The number of thioether (sulfide) groups is 1. The summed E-state index contributed by atoms with van der Waals surface area (Å²) in [5.74, 6) is 0.669. The van der Waals surface area contributed by atoms with Gasteiger partial charge in [-0.1, -0.05) is 37.2 Å². The van der Waals surface area contributed by atoms with Crippen LogP contribution in [0.5, 0.6) is 0 Å². The van der Waals surface area contributed by atoms with Crippen LogP contribution in [0, 0.1) is 5.92 Å². The minimum atomic E-state index is -0.167. The van der Waals surface area contributed by atoms with E-state index >= 15 is 0 Å². The number of piperazine rings is 1. The molecule has 10 heteroatoms. The molecule has 1 aliphatic heterocycles. The van der Waals surface area contributed by atoms with Gasteiger partial charge in [0.25, 0.3) is 11.5 Å². The van der Waals surface area contributed by atoms with Gasteiger partial charge >= 0.3 is 0 Å². The van der Waals surface area contributed by atoms with Gasteiger partial charge in [0.15, 0.2) is 10.9 Å². The van der Waals surface area contributed by atoms with Crippen LogP contribution in [0.4, 0.5) is 0 Å². The SMILES string of the molecule is CC(C)CCn1c(SCC(=O)N2CCN(C(=O)c3ccco3)CC2)nc2cc(Cl)ccc2c1=O. The summed E-state index contributed by atoms with van der Waals surface area (Å²) in [6.07, 6.45) is 2.30. The summed E-state index contributed by atoms with van der Waals surface area (Å²) in [5.41, 5.74) is 0.403. The van der Waals surface area contributed by atoms with Gasteiger partial charge in [-0.25, -0.2) is 4.98 Å². The maximum Gasteiger partial charge on any atom is 0.289 e. The van der Waals surface area contributed by atoms with E-state index in [0.29, 0.717) is 65.5 Å². The Kier molecular flexibility index (Phi) is 7.63. The highest BCUT2D eigenvalue weighted by Crippen LogP contribution is 2.22. The van der Waals surface area contributed by atoms with Crippen LogP contribution in [-0.2, 0) is 11.3 Å². The van der Waals surface area contributed by atoms with Gasteiger partial charge in [-0.15, -0.1) is 0 Å². The van der Waals surface area contributed by atoms with Gasteiger partial charge < -0.3 is 14.2 Å². The van der Waals surface area contributed by atoms with E-state index in [4.69, 9.17) is 16.0 Å². The molecule has 8 nitrogen and oxygen atoms in total. The quantitative estimate of drug-likeness (QED) is 0.361. The summed E-state index contributed by atoms with van der Waals surface area (Å²) < 4.78 is 6.85. The summed E-state index contributed by atoms with van der Waals surface area (Å²) in [5, 5.41) is 1.54. The van der Waals surface area contributed by atoms with E-state index in [-0.39, 0.29) is 23.1 Å². The number of halogens is 1. The number of nitrogens with zero attached hydrogens (tertiary/aromatic N) is 4. The Balaban J connectivity index is 1.44.